The summed E-state index contributed by atoms with van der Waals surface area (Å²) in [5.74, 6) is -0.335. The van der Waals surface area contributed by atoms with Gasteiger partial charge in [-0.25, -0.2) is 4.39 Å². The van der Waals surface area contributed by atoms with E-state index in [1.807, 2.05) is 37.3 Å². The molecule has 0 fully saturated rings. The number of pyridine rings is 1. The number of hydrogen-bond acceptors (Lipinski definition) is 2. The maximum absolute atomic E-state index is 13.4. The van der Waals surface area contributed by atoms with Crippen LogP contribution < -0.4 is 0 Å². The van der Waals surface area contributed by atoms with Crippen molar-refractivity contribution in [3.8, 4) is 11.1 Å². The van der Waals surface area contributed by atoms with Gasteiger partial charge in [-0.15, -0.1) is 0 Å². The highest BCUT2D eigenvalue weighted by Crippen LogP contribution is 2.23. The van der Waals surface area contributed by atoms with E-state index in [4.69, 9.17) is 0 Å². The molecule has 0 spiro atoms. The molecule has 3 aromatic rings. The molecule has 1 atom stereocenters. The summed E-state index contributed by atoms with van der Waals surface area (Å²) >= 11 is 0. The monoisotopic (exact) mass is 334 g/mol. The second kappa shape index (κ2) is 7.26. The molecule has 3 nitrogen and oxygen atoms in total. The summed E-state index contributed by atoms with van der Waals surface area (Å²) in [5.41, 5.74) is 3.30. The highest BCUT2D eigenvalue weighted by Gasteiger charge is 2.18. The molecule has 3 rings (SSSR count). The molecule has 1 amide bonds. The minimum absolute atomic E-state index is 0.0570. The van der Waals surface area contributed by atoms with E-state index in [1.54, 1.807) is 42.5 Å². The summed E-state index contributed by atoms with van der Waals surface area (Å²) in [6.07, 6.45) is 3.44. The summed E-state index contributed by atoms with van der Waals surface area (Å²) in [7, 11) is 1.79. The maximum Gasteiger partial charge on any atom is 0.254 e. The number of aromatic nitrogens is 1. The number of nitrogens with zero attached hydrogens (tertiary/aromatic N) is 2. The summed E-state index contributed by atoms with van der Waals surface area (Å²) < 4.78 is 13.4. The lowest BCUT2D eigenvalue weighted by Gasteiger charge is -2.25. The average Bonchev–Trinajstić information content (AvgIpc) is 2.67. The Kier molecular flexibility index (Phi) is 4.89. The number of hydrogen-bond donors (Lipinski definition) is 0. The number of carbonyl (C=O) groups is 1. The fourth-order valence-corrected chi connectivity index (χ4v) is 2.72. The lowest BCUT2D eigenvalue weighted by molar-refractivity contribution is 0.0742. The molecular formula is C21H19FN2O. The van der Waals surface area contributed by atoms with E-state index < -0.39 is 0 Å². The smallest absolute Gasteiger partial charge is 0.254 e. The maximum atomic E-state index is 13.4. The molecule has 0 saturated carbocycles. The van der Waals surface area contributed by atoms with Gasteiger partial charge < -0.3 is 4.90 Å². The number of rotatable bonds is 4. The van der Waals surface area contributed by atoms with Crippen LogP contribution in [0.3, 0.4) is 0 Å². The molecule has 0 saturated heterocycles. The van der Waals surface area contributed by atoms with Gasteiger partial charge in [-0.05, 0) is 60.0 Å². The van der Waals surface area contributed by atoms with Gasteiger partial charge in [0.05, 0.1) is 6.04 Å². The lowest BCUT2D eigenvalue weighted by atomic mass is 10.0. The Balaban J connectivity index is 1.78. The fraction of sp³-hybridized carbons (Fsp3) is 0.143. The average molecular weight is 334 g/mol. The molecule has 25 heavy (non-hydrogen) atoms. The first-order valence-corrected chi connectivity index (χ1v) is 8.09. The predicted octanol–water partition coefficient (Wildman–Crippen LogP) is 4.72. The quantitative estimate of drug-likeness (QED) is 0.691. The van der Waals surface area contributed by atoms with Gasteiger partial charge >= 0.3 is 0 Å². The van der Waals surface area contributed by atoms with Crippen LogP contribution in [0.2, 0.25) is 0 Å². The van der Waals surface area contributed by atoms with Crippen molar-refractivity contribution in [3.05, 3.63) is 90.0 Å². The van der Waals surface area contributed by atoms with Crippen molar-refractivity contribution in [2.24, 2.45) is 0 Å². The number of halogens is 1. The zero-order valence-electron chi connectivity index (χ0n) is 14.2. The number of benzene rings is 2. The van der Waals surface area contributed by atoms with E-state index in [9.17, 15) is 9.18 Å². The minimum atomic E-state index is -0.274. The van der Waals surface area contributed by atoms with E-state index in [1.165, 1.54) is 12.1 Å². The van der Waals surface area contributed by atoms with Crippen LogP contribution in [0.4, 0.5) is 4.39 Å². The van der Waals surface area contributed by atoms with Crippen molar-refractivity contribution in [1.29, 1.82) is 0 Å². The van der Waals surface area contributed by atoms with Crippen LogP contribution in [0.15, 0.2) is 73.1 Å². The molecule has 2 aromatic carbocycles. The van der Waals surface area contributed by atoms with Crippen molar-refractivity contribution in [2.75, 3.05) is 7.05 Å². The van der Waals surface area contributed by atoms with Crippen LogP contribution in [0.5, 0.6) is 0 Å². The highest BCUT2D eigenvalue weighted by atomic mass is 19.1. The number of amides is 1. The van der Waals surface area contributed by atoms with Crippen LogP contribution in [-0.4, -0.2) is 22.8 Å². The van der Waals surface area contributed by atoms with E-state index in [-0.39, 0.29) is 17.8 Å². The van der Waals surface area contributed by atoms with Crippen molar-refractivity contribution in [3.63, 3.8) is 0 Å². The molecular weight excluding hydrogens is 315 g/mol. The summed E-state index contributed by atoms with van der Waals surface area (Å²) in [5, 5.41) is 0. The predicted molar refractivity (Wildman–Crippen MR) is 96.6 cm³/mol. The third-order valence-electron chi connectivity index (χ3n) is 4.38. The second-order valence-corrected chi connectivity index (χ2v) is 5.96. The van der Waals surface area contributed by atoms with Crippen molar-refractivity contribution in [2.45, 2.75) is 13.0 Å². The van der Waals surface area contributed by atoms with Gasteiger partial charge in [0, 0.05) is 25.0 Å². The third-order valence-corrected chi connectivity index (χ3v) is 4.38. The van der Waals surface area contributed by atoms with Gasteiger partial charge in [-0.3, -0.25) is 9.78 Å². The van der Waals surface area contributed by atoms with E-state index in [0.29, 0.717) is 5.56 Å². The highest BCUT2D eigenvalue weighted by molar-refractivity contribution is 5.94. The van der Waals surface area contributed by atoms with Crippen molar-refractivity contribution >= 4 is 5.91 Å². The largest absolute Gasteiger partial charge is 0.335 e. The minimum Gasteiger partial charge on any atom is -0.335 e. The molecule has 0 radical (unpaired) electrons. The van der Waals surface area contributed by atoms with Crippen LogP contribution in [0.1, 0.15) is 28.9 Å². The number of carbonyl (C=O) groups excluding carboxylic acids is 1. The van der Waals surface area contributed by atoms with Crippen molar-refractivity contribution < 1.29 is 9.18 Å². The zero-order valence-corrected chi connectivity index (χ0v) is 14.2. The zero-order chi connectivity index (χ0) is 17.8. The lowest BCUT2D eigenvalue weighted by Crippen LogP contribution is -2.29. The van der Waals surface area contributed by atoms with Crippen LogP contribution in [0, 0.1) is 5.82 Å². The van der Waals surface area contributed by atoms with Gasteiger partial charge in [0.1, 0.15) is 5.82 Å². The first-order valence-electron chi connectivity index (χ1n) is 8.09. The molecule has 0 bridgehead atoms. The Morgan fingerprint density at radius 3 is 2.32 bits per heavy atom. The molecule has 126 valence electrons. The second-order valence-electron chi connectivity index (χ2n) is 5.96. The SMILES string of the molecule is CC(c1ccncc1)N(C)C(=O)c1ccc(-c2cccc(F)c2)cc1. The summed E-state index contributed by atoms with van der Waals surface area (Å²) in [6.45, 7) is 1.98. The molecule has 4 heteroatoms. The van der Waals surface area contributed by atoms with E-state index in [2.05, 4.69) is 4.98 Å². The van der Waals surface area contributed by atoms with Crippen LogP contribution >= 0.6 is 0 Å². The Hall–Kier alpha value is -3.01. The Labute approximate surface area is 146 Å². The molecule has 1 unspecified atom stereocenters. The van der Waals surface area contributed by atoms with Crippen LogP contribution in [0.25, 0.3) is 11.1 Å². The molecule has 0 aliphatic heterocycles. The van der Waals surface area contributed by atoms with Crippen molar-refractivity contribution in [1.82, 2.24) is 9.88 Å². The van der Waals surface area contributed by atoms with Crippen LogP contribution in [-0.2, 0) is 0 Å². The Bertz CT molecular complexity index is 863. The third kappa shape index (κ3) is 3.74. The molecule has 0 N–H and O–H groups in total. The molecule has 1 heterocycles. The Morgan fingerprint density at radius 2 is 1.68 bits per heavy atom. The Morgan fingerprint density at radius 1 is 1.00 bits per heavy atom. The fourth-order valence-electron chi connectivity index (χ4n) is 2.72. The standard InChI is InChI=1S/C21H19FN2O/c1-15(16-10-12-23-13-11-16)24(2)21(25)18-8-6-17(7-9-18)19-4-3-5-20(22)14-19/h3-15H,1-2H3. The topological polar surface area (TPSA) is 33.2 Å². The van der Waals surface area contributed by atoms with Gasteiger partial charge in [-0.2, -0.15) is 0 Å². The molecule has 1 aromatic heterocycles. The van der Waals surface area contributed by atoms with E-state index >= 15 is 0 Å². The normalized spacial score (nSPS) is 11.8. The van der Waals surface area contributed by atoms with Gasteiger partial charge in [0.25, 0.3) is 5.91 Å². The van der Waals surface area contributed by atoms with Gasteiger partial charge in [0.2, 0.25) is 0 Å². The molecule has 0 aliphatic carbocycles. The van der Waals surface area contributed by atoms with E-state index in [0.717, 1.165) is 16.7 Å². The van der Waals surface area contributed by atoms with Gasteiger partial charge in [0.15, 0.2) is 0 Å². The van der Waals surface area contributed by atoms with Gasteiger partial charge in [-0.1, -0.05) is 24.3 Å². The summed E-state index contributed by atoms with van der Waals surface area (Å²) in [6, 6.07) is 17.4. The first-order chi connectivity index (χ1) is 12.1. The summed E-state index contributed by atoms with van der Waals surface area (Å²) in [4.78, 5) is 18.4. The first kappa shape index (κ1) is 16.8. The molecule has 0 aliphatic rings.